The minimum Gasteiger partial charge on any atom is -0.386 e. The summed E-state index contributed by atoms with van der Waals surface area (Å²) in [6.45, 7) is 0.786. The Kier molecular flexibility index (Phi) is 2.62. The molecule has 1 fully saturated rings. The molecule has 0 bridgehead atoms. The van der Waals surface area contributed by atoms with Crippen LogP contribution in [0.5, 0.6) is 0 Å². The van der Waals surface area contributed by atoms with Crippen molar-refractivity contribution in [3.8, 4) is 0 Å². The van der Waals surface area contributed by atoms with Crippen molar-refractivity contribution in [3.05, 3.63) is 35.9 Å². The van der Waals surface area contributed by atoms with E-state index >= 15 is 0 Å². The molecule has 1 heterocycles. The Morgan fingerprint density at radius 2 is 2.08 bits per heavy atom. The predicted molar refractivity (Wildman–Crippen MR) is 50.4 cm³/mol. The van der Waals surface area contributed by atoms with Gasteiger partial charge in [-0.15, -0.1) is 0 Å². The predicted octanol–water partition coefficient (Wildman–Crippen LogP) is 1.90. The lowest BCUT2D eigenvalue weighted by atomic mass is 10.0. The molecule has 0 spiro atoms. The maximum Gasteiger partial charge on any atom is 0.105 e. The lowest BCUT2D eigenvalue weighted by Gasteiger charge is -2.17. The second-order valence-corrected chi connectivity index (χ2v) is 3.41. The van der Waals surface area contributed by atoms with Crippen molar-refractivity contribution >= 4 is 0 Å². The highest BCUT2D eigenvalue weighted by atomic mass is 16.5. The van der Waals surface area contributed by atoms with Crippen LogP contribution in [0.1, 0.15) is 24.5 Å². The monoisotopic (exact) mass is 178 g/mol. The molecule has 1 aliphatic rings. The largest absolute Gasteiger partial charge is 0.386 e. The van der Waals surface area contributed by atoms with Crippen LogP contribution in [-0.2, 0) is 4.74 Å². The quantitative estimate of drug-likeness (QED) is 0.749. The second-order valence-electron chi connectivity index (χ2n) is 3.41. The molecule has 0 unspecified atom stereocenters. The minimum atomic E-state index is -0.455. The van der Waals surface area contributed by atoms with Gasteiger partial charge in [0.1, 0.15) is 6.10 Å². The average Bonchev–Trinajstić information content (AvgIpc) is 2.71. The highest BCUT2D eigenvalue weighted by Gasteiger charge is 2.24. The van der Waals surface area contributed by atoms with Crippen LogP contribution in [0.3, 0.4) is 0 Å². The van der Waals surface area contributed by atoms with Crippen molar-refractivity contribution in [2.45, 2.75) is 25.0 Å². The molecule has 1 N–H and O–H groups in total. The standard InChI is InChI=1S/C11H14O2/c12-11(10-7-4-8-13-10)9-5-2-1-3-6-9/h1-3,5-6,10-12H,4,7-8H2/t10-,11+/m1/s1. The Labute approximate surface area is 78.2 Å². The Morgan fingerprint density at radius 1 is 1.31 bits per heavy atom. The molecule has 1 aromatic carbocycles. The minimum absolute atomic E-state index is 0.00222. The van der Waals surface area contributed by atoms with Crippen LogP contribution in [-0.4, -0.2) is 17.8 Å². The second kappa shape index (κ2) is 3.90. The molecule has 1 aliphatic heterocycles. The maximum atomic E-state index is 9.90. The van der Waals surface area contributed by atoms with Gasteiger partial charge in [0.2, 0.25) is 0 Å². The molecule has 2 rings (SSSR count). The molecule has 70 valence electrons. The van der Waals surface area contributed by atoms with Crippen LogP contribution in [0.2, 0.25) is 0 Å². The number of hydrogen-bond donors (Lipinski definition) is 1. The van der Waals surface area contributed by atoms with Gasteiger partial charge in [-0.2, -0.15) is 0 Å². The third-order valence-corrected chi connectivity index (χ3v) is 2.46. The SMILES string of the molecule is O[C@@H](c1ccccc1)[C@H]1CCCO1. The topological polar surface area (TPSA) is 29.5 Å². The summed E-state index contributed by atoms with van der Waals surface area (Å²) < 4.78 is 5.42. The van der Waals surface area contributed by atoms with Gasteiger partial charge in [-0.05, 0) is 18.4 Å². The Bertz CT molecular complexity index is 252. The summed E-state index contributed by atoms with van der Waals surface area (Å²) in [6.07, 6.45) is 1.58. The number of aliphatic hydroxyl groups excluding tert-OH is 1. The summed E-state index contributed by atoms with van der Waals surface area (Å²) in [5.41, 5.74) is 0.953. The fourth-order valence-corrected chi connectivity index (χ4v) is 1.72. The van der Waals surface area contributed by atoms with E-state index in [0.717, 1.165) is 25.0 Å². The Morgan fingerprint density at radius 3 is 2.69 bits per heavy atom. The molecule has 0 aromatic heterocycles. The summed E-state index contributed by atoms with van der Waals surface area (Å²) >= 11 is 0. The molecule has 2 nitrogen and oxygen atoms in total. The van der Waals surface area contributed by atoms with Crippen LogP contribution < -0.4 is 0 Å². The van der Waals surface area contributed by atoms with Crippen LogP contribution >= 0.6 is 0 Å². The molecule has 1 aromatic rings. The molecule has 0 saturated carbocycles. The van der Waals surface area contributed by atoms with Crippen molar-refractivity contribution in [2.24, 2.45) is 0 Å². The van der Waals surface area contributed by atoms with E-state index in [1.807, 2.05) is 30.3 Å². The van der Waals surface area contributed by atoms with E-state index in [1.165, 1.54) is 0 Å². The third kappa shape index (κ3) is 1.90. The average molecular weight is 178 g/mol. The number of ether oxygens (including phenoxy) is 1. The van der Waals surface area contributed by atoms with Gasteiger partial charge >= 0.3 is 0 Å². The molecule has 0 amide bonds. The third-order valence-electron chi connectivity index (χ3n) is 2.46. The Balaban J connectivity index is 2.08. The molecule has 0 aliphatic carbocycles. The zero-order valence-electron chi connectivity index (χ0n) is 7.52. The van der Waals surface area contributed by atoms with Gasteiger partial charge in [0.05, 0.1) is 6.10 Å². The molecule has 13 heavy (non-hydrogen) atoms. The van der Waals surface area contributed by atoms with Gasteiger partial charge in [-0.1, -0.05) is 30.3 Å². The molecule has 0 radical (unpaired) electrons. The lowest BCUT2D eigenvalue weighted by molar-refractivity contribution is -0.00258. The molecule has 2 heteroatoms. The summed E-state index contributed by atoms with van der Waals surface area (Å²) in [7, 11) is 0. The van der Waals surface area contributed by atoms with Crippen LogP contribution in [0.25, 0.3) is 0 Å². The number of aliphatic hydroxyl groups is 1. The zero-order valence-corrected chi connectivity index (χ0v) is 7.52. The van der Waals surface area contributed by atoms with Crippen molar-refractivity contribution < 1.29 is 9.84 Å². The normalized spacial score (nSPS) is 24.5. The van der Waals surface area contributed by atoms with Gasteiger partial charge in [-0.25, -0.2) is 0 Å². The van der Waals surface area contributed by atoms with E-state index in [-0.39, 0.29) is 6.10 Å². The van der Waals surface area contributed by atoms with Gasteiger partial charge in [0, 0.05) is 6.61 Å². The van der Waals surface area contributed by atoms with E-state index in [9.17, 15) is 5.11 Å². The van der Waals surface area contributed by atoms with Crippen molar-refractivity contribution in [1.29, 1.82) is 0 Å². The summed E-state index contributed by atoms with van der Waals surface area (Å²) in [6, 6.07) is 9.70. The van der Waals surface area contributed by atoms with Gasteiger partial charge < -0.3 is 9.84 Å². The summed E-state index contributed by atoms with van der Waals surface area (Å²) in [5.74, 6) is 0. The number of hydrogen-bond acceptors (Lipinski definition) is 2. The van der Waals surface area contributed by atoms with Crippen LogP contribution in [0, 0.1) is 0 Å². The van der Waals surface area contributed by atoms with Crippen molar-refractivity contribution in [3.63, 3.8) is 0 Å². The summed E-state index contributed by atoms with van der Waals surface area (Å²) in [4.78, 5) is 0. The van der Waals surface area contributed by atoms with E-state index in [1.54, 1.807) is 0 Å². The molecular formula is C11H14O2. The highest BCUT2D eigenvalue weighted by Crippen LogP contribution is 2.26. The van der Waals surface area contributed by atoms with E-state index in [0.29, 0.717) is 0 Å². The summed E-state index contributed by atoms with van der Waals surface area (Å²) in [5, 5.41) is 9.90. The molecular weight excluding hydrogens is 164 g/mol. The van der Waals surface area contributed by atoms with Crippen molar-refractivity contribution in [1.82, 2.24) is 0 Å². The van der Waals surface area contributed by atoms with Crippen LogP contribution in [0.4, 0.5) is 0 Å². The molecule has 1 saturated heterocycles. The zero-order chi connectivity index (χ0) is 9.10. The first-order valence-electron chi connectivity index (χ1n) is 4.72. The highest BCUT2D eigenvalue weighted by molar-refractivity contribution is 5.18. The smallest absolute Gasteiger partial charge is 0.105 e. The first-order chi connectivity index (χ1) is 6.38. The van der Waals surface area contributed by atoms with E-state index < -0.39 is 6.10 Å². The van der Waals surface area contributed by atoms with E-state index in [4.69, 9.17) is 4.74 Å². The van der Waals surface area contributed by atoms with Gasteiger partial charge in [-0.3, -0.25) is 0 Å². The maximum absolute atomic E-state index is 9.90. The Hall–Kier alpha value is -0.860. The lowest BCUT2D eigenvalue weighted by Crippen LogP contribution is -2.16. The first kappa shape index (κ1) is 8.73. The number of rotatable bonds is 2. The van der Waals surface area contributed by atoms with Crippen LogP contribution in [0.15, 0.2) is 30.3 Å². The van der Waals surface area contributed by atoms with E-state index in [2.05, 4.69) is 0 Å². The van der Waals surface area contributed by atoms with Gasteiger partial charge in [0.25, 0.3) is 0 Å². The molecule has 2 atom stereocenters. The fraction of sp³-hybridized carbons (Fsp3) is 0.455. The first-order valence-corrected chi connectivity index (χ1v) is 4.72. The fourth-order valence-electron chi connectivity index (χ4n) is 1.72. The number of benzene rings is 1. The van der Waals surface area contributed by atoms with Crippen molar-refractivity contribution in [2.75, 3.05) is 6.61 Å². The van der Waals surface area contributed by atoms with Gasteiger partial charge in [0.15, 0.2) is 0 Å².